The van der Waals surface area contributed by atoms with E-state index in [4.69, 9.17) is 36.4 Å². The number of aliphatic hydroxyl groups is 4. The molecule has 4 rings (SSSR count). The number of carbonyl (C=O) groups excluding carboxylic acids is 2. The highest BCUT2D eigenvalue weighted by Gasteiger charge is 2.56. The summed E-state index contributed by atoms with van der Waals surface area (Å²) in [5.41, 5.74) is -3.57. The SMILES string of the molecule is [B]n1cc(CCN(C)[C@H]2C[C@@H](C)O[C@@H](O[C@@H]3[C@@H](C)[C@H](C4C[C@@](C)(OC)[C@@H](O)[C@H](C)O4)[C@@H](C)C(=O)O[C@H](CC)[C@@](C)(O)[C@H](O)[C@@H](C)C(=O)[C@H](C)C[C@@]3(C)OC)[C@@H]2O)nn1. The number of carbonyl (C=O) groups is 2. The minimum absolute atomic E-state index is 0.110. The molecule has 0 bridgehead atoms. The van der Waals surface area contributed by atoms with Crippen molar-refractivity contribution >= 4 is 19.7 Å². The van der Waals surface area contributed by atoms with Crippen molar-refractivity contribution in [1.82, 2.24) is 19.8 Å². The Balaban J connectivity index is 1.84. The van der Waals surface area contributed by atoms with Gasteiger partial charge in [0, 0.05) is 63.6 Å². The molecule has 4 heterocycles. The van der Waals surface area contributed by atoms with Gasteiger partial charge in [0.2, 0.25) is 0 Å². The van der Waals surface area contributed by atoms with Crippen molar-refractivity contribution in [2.45, 2.75) is 179 Å². The summed E-state index contributed by atoms with van der Waals surface area (Å²) in [6, 6.07) is -0.387. The molecule has 1 aromatic heterocycles. The second kappa shape index (κ2) is 19.3. The van der Waals surface area contributed by atoms with E-state index >= 15 is 0 Å². The van der Waals surface area contributed by atoms with Crippen LogP contribution in [0.3, 0.4) is 0 Å². The quantitative estimate of drug-likeness (QED) is 0.197. The van der Waals surface area contributed by atoms with E-state index in [2.05, 4.69) is 10.3 Å². The van der Waals surface area contributed by atoms with Crippen molar-refractivity contribution < 1.29 is 58.4 Å². The van der Waals surface area contributed by atoms with E-state index in [-0.39, 0.29) is 37.2 Å². The molecule has 1 aromatic rings. The number of hydrogen-bond donors (Lipinski definition) is 4. The number of hydrogen-bond acceptors (Lipinski definition) is 15. The summed E-state index contributed by atoms with van der Waals surface area (Å²) >= 11 is 0. The number of cyclic esters (lactones) is 1. The fourth-order valence-corrected chi connectivity index (χ4v) is 9.94. The van der Waals surface area contributed by atoms with Crippen LogP contribution in [-0.2, 0) is 44.4 Å². The molecule has 16 nitrogen and oxygen atoms in total. The van der Waals surface area contributed by atoms with Crippen LogP contribution in [-0.4, -0.2) is 166 Å². The summed E-state index contributed by atoms with van der Waals surface area (Å²) in [7, 11) is 10.7. The molecule has 330 valence electrons. The number of Topliss-reactive ketones (excluding diaryl/α,β-unsaturated/α-hetero) is 1. The Labute approximate surface area is 346 Å². The molecule has 2 radical (unpaired) electrons. The lowest BCUT2D eigenvalue weighted by Crippen LogP contribution is -2.62. The highest BCUT2D eigenvalue weighted by molar-refractivity contribution is 6.05. The van der Waals surface area contributed by atoms with Crippen LogP contribution in [0.1, 0.15) is 101 Å². The van der Waals surface area contributed by atoms with Gasteiger partial charge in [0.05, 0.1) is 53.3 Å². The van der Waals surface area contributed by atoms with Crippen LogP contribution >= 0.6 is 0 Å². The van der Waals surface area contributed by atoms with Crippen LogP contribution in [0.5, 0.6) is 0 Å². The molecule has 3 fully saturated rings. The third-order valence-corrected chi connectivity index (χ3v) is 13.8. The van der Waals surface area contributed by atoms with Crippen LogP contribution in [0.2, 0.25) is 0 Å². The highest BCUT2D eigenvalue weighted by atomic mass is 16.7. The molecule has 0 amide bonds. The Hall–Kier alpha value is -2.06. The minimum Gasteiger partial charge on any atom is -0.459 e. The van der Waals surface area contributed by atoms with Crippen LogP contribution in [0.15, 0.2) is 6.20 Å². The number of aromatic nitrogens is 3. The van der Waals surface area contributed by atoms with Crippen molar-refractivity contribution in [1.29, 1.82) is 0 Å². The number of aliphatic hydroxyl groups excluding tert-OH is 3. The van der Waals surface area contributed by atoms with E-state index in [0.29, 0.717) is 25.1 Å². The lowest BCUT2D eigenvalue weighted by molar-refractivity contribution is -0.305. The molecular weight excluding hydrogens is 751 g/mol. The van der Waals surface area contributed by atoms with Crippen LogP contribution in [0.4, 0.5) is 0 Å². The average molecular weight is 823 g/mol. The van der Waals surface area contributed by atoms with Crippen molar-refractivity contribution in [3.63, 3.8) is 0 Å². The van der Waals surface area contributed by atoms with Crippen molar-refractivity contribution in [3.8, 4) is 0 Å². The van der Waals surface area contributed by atoms with Crippen molar-refractivity contribution in [2.24, 2.45) is 29.6 Å². The van der Waals surface area contributed by atoms with E-state index in [1.54, 1.807) is 47.7 Å². The standard InChI is InChI=1S/C41H71BN4O12/c1-14-30-41(10,52)34(49)25(6)32(47)21(2)18-40(9,54-13)36(23(4)31(24(5)37(51)57-30)29-19-39(8,53-12)35(50)26(7)56-29)58-38-33(48)28(17-22(3)55-38)45(11)16-15-27-20-46(42)44-43-27/h20-26,28-31,33-36,38,48-50,52H,14-19H2,1-13H3/t21-,22-,23+,24-,25+,26+,28+,29?,30-,31+,33-,34-,35+,36-,38+,39-,40-,41-/m1/s1. The number of likely N-dealkylation sites (N-methyl/N-ethyl adjacent to an activating group) is 1. The first-order valence-corrected chi connectivity index (χ1v) is 20.9. The smallest absolute Gasteiger partial charge is 0.309 e. The van der Waals surface area contributed by atoms with Gasteiger partial charge in [-0.15, -0.1) is 5.10 Å². The molecule has 3 saturated heterocycles. The Morgan fingerprint density at radius 2 is 1.60 bits per heavy atom. The van der Waals surface area contributed by atoms with Crippen molar-refractivity contribution in [3.05, 3.63) is 11.9 Å². The molecule has 0 aliphatic carbocycles. The molecule has 0 spiro atoms. The summed E-state index contributed by atoms with van der Waals surface area (Å²) < 4.78 is 39.5. The largest absolute Gasteiger partial charge is 0.459 e. The maximum Gasteiger partial charge on any atom is 0.309 e. The van der Waals surface area contributed by atoms with Gasteiger partial charge in [0.25, 0.3) is 7.98 Å². The molecule has 18 atom stereocenters. The molecule has 4 N–H and O–H groups in total. The van der Waals surface area contributed by atoms with E-state index < -0.39 is 101 Å². The Bertz CT molecular complexity index is 1520. The zero-order valence-corrected chi connectivity index (χ0v) is 36.9. The molecule has 58 heavy (non-hydrogen) atoms. The van der Waals surface area contributed by atoms with Gasteiger partial charge in [-0.1, -0.05) is 39.8 Å². The maximum atomic E-state index is 14.4. The Kier molecular flexibility index (Phi) is 16.2. The normalized spacial score (nSPS) is 45.2. The lowest BCUT2D eigenvalue weighted by Gasteiger charge is -2.52. The predicted octanol–water partition coefficient (Wildman–Crippen LogP) is 1.85. The average Bonchev–Trinajstić information content (AvgIpc) is 3.60. The van der Waals surface area contributed by atoms with Crippen LogP contribution < -0.4 is 0 Å². The van der Waals surface area contributed by atoms with E-state index in [1.807, 2.05) is 32.7 Å². The minimum atomic E-state index is -1.97. The third kappa shape index (κ3) is 10.2. The van der Waals surface area contributed by atoms with E-state index in [9.17, 15) is 30.0 Å². The second-order valence-electron chi connectivity index (χ2n) is 18.2. The molecule has 0 aromatic carbocycles. The number of rotatable bonds is 10. The summed E-state index contributed by atoms with van der Waals surface area (Å²) in [6.45, 7) is 17.9. The first-order chi connectivity index (χ1) is 27.0. The Morgan fingerprint density at radius 3 is 2.17 bits per heavy atom. The number of ether oxygens (including phenoxy) is 6. The Morgan fingerprint density at radius 1 is 0.966 bits per heavy atom. The summed E-state index contributed by atoms with van der Waals surface area (Å²) in [6.07, 6.45) is -5.49. The summed E-state index contributed by atoms with van der Waals surface area (Å²) in [5, 5.41) is 54.5. The number of methoxy groups -OCH3 is 2. The molecule has 17 heteroatoms. The van der Waals surface area contributed by atoms with Gasteiger partial charge in [-0.3, -0.25) is 9.59 Å². The second-order valence-corrected chi connectivity index (χ2v) is 18.2. The lowest BCUT2D eigenvalue weighted by atomic mass is 9.67. The fraction of sp³-hybridized carbons (Fsp3) is 0.902. The molecular formula is C41H71BN4O12. The molecule has 0 saturated carbocycles. The zero-order valence-electron chi connectivity index (χ0n) is 36.9. The highest BCUT2D eigenvalue weighted by Crippen LogP contribution is 2.46. The van der Waals surface area contributed by atoms with Gasteiger partial charge in [-0.25, -0.2) is 0 Å². The maximum absolute atomic E-state index is 14.4. The van der Waals surface area contributed by atoms with E-state index in [0.717, 1.165) is 4.59 Å². The number of esters is 1. The van der Waals surface area contributed by atoms with Gasteiger partial charge < -0.3 is 58.3 Å². The number of ketones is 1. The first-order valence-electron chi connectivity index (χ1n) is 20.9. The van der Waals surface area contributed by atoms with Gasteiger partial charge in [-0.2, -0.15) is 0 Å². The summed E-state index contributed by atoms with van der Waals surface area (Å²) in [5.74, 6) is -4.95. The van der Waals surface area contributed by atoms with Crippen molar-refractivity contribution in [2.75, 3.05) is 27.8 Å². The topological polar surface area (TPSA) is 204 Å². The first kappa shape index (κ1) is 48.6. The summed E-state index contributed by atoms with van der Waals surface area (Å²) in [4.78, 5) is 30.6. The molecule has 3 aliphatic heterocycles. The van der Waals surface area contributed by atoms with Gasteiger partial charge >= 0.3 is 5.97 Å². The fourth-order valence-electron chi connectivity index (χ4n) is 9.94. The van der Waals surface area contributed by atoms with Gasteiger partial charge in [-0.05, 0) is 66.8 Å². The van der Waals surface area contributed by atoms with Gasteiger partial charge in [0.15, 0.2) is 6.29 Å². The van der Waals surface area contributed by atoms with E-state index in [1.165, 1.54) is 21.1 Å². The van der Waals surface area contributed by atoms with Crippen LogP contribution in [0, 0.1) is 29.6 Å². The van der Waals surface area contributed by atoms with Crippen LogP contribution in [0.25, 0.3) is 0 Å². The van der Waals surface area contributed by atoms with Gasteiger partial charge in [0.1, 0.15) is 29.7 Å². The monoisotopic (exact) mass is 823 g/mol. The predicted molar refractivity (Wildman–Crippen MR) is 213 cm³/mol. The zero-order chi connectivity index (χ0) is 43.7. The molecule has 3 aliphatic rings. The third-order valence-electron chi connectivity index (χ3n) is 13.8. The molecule has 1 unspecified atom stereocenters. The number of nitrogens with zero attached hydrogens (tertiary/aromatic N) is 4.